The Morgan fingerprint density at radius 3 is 3.00 bits per heavy atom. The first-order valence-electron chi connectivity index (χ1n) is 7.03. The Morgan fingerprint density at radius 1 is 1.42 bits per heavy atom. The fourth-order valence-electron chi connectivity index (χ4n) is 2.84. The molecule has 1 unspecified atom stereocenters. The Balaban J connectivity index is 2.11. The molecule has 0 radical (unpaired) electrons. The lowest BCUT2D eigenvalue weighted by atomic mass is 9.94. The number of piperidine rings is 1. The summed E-state index contributed by atoms with van der Waals surface area (Å²) < 4.78 is 13.7. The van der Waals surface area contributed by atoms with Crippen molar-refractivity contribution in [3.05, 3.63) is 29.6 Å². The average Bonchev–Trinajstić information content (AvgIpc) is 2.39. The van der Waals surface area contributed by atoms with Crippen molar-refractivity contribution in [2.75, 3.05) is 31.6 Å². The maximum Gasteiger partial charge on any atom is 0.125 e. The second-order valence-corrected chi connectivity index (χ2v) is 5.31. The molecule has 1 atom stereocenters. The zero-order valence-electron chi connectivity index (χ0n) is 11.5. The molecular formula is C15H23FN2O. The standard InChI is InChI=1S/C15H23FN2O/c1-17-10-13-7-14(16)9-15(8-13)18-5-2-3-12(11-18)4-6-19/h7-9,12,17,19H,2-6,10-11H2,1H3. The summed E-state index contributed by atoms with van der Waals surface area (Å²) in [5.74, 6) is 0.349. The zero-order chi connectivity index (χ0) is 13.7. The summed E-state index contributed by atoms with van der Waals surface area (Å²) in [6, 6.07) is 5.25. The number of aliphatic hydroxyl groups excluding tert-OH is 1. The van der Waals surface area contributed by atoms with E-state index in [0.29, 0.717) is 12.5 Å². The molecule has 0 bridgehead atoms. The molecule has 0 amide bonds. The molecular weight excluding hydrogens is 243 g/mol. The molecule has 0 aliphatic carbocycles. The van der Waals surface area contributed by atoms with Crippen LogP contribution < -0.4 is 10.2 Å². The van der Waals surface area contributed by atoms with Gasteiger partial charge in [0.1, 0.15) is 5.82 Å². The smallest absolute Gasteiger partial charge is 0.125 e. The van der Waals surface area contributed by atoms with E-state index in [9.17, 15) is 4.39 Å². The summed E-state index contributed by atoms with van der Waals surface area (Å²) in [7, 11) is 1.86. The number of hydrogen-bond acceptors (Lipinski definition) is 3. The third kappa shape index (κ3) is 3.91. The molecule has 1 aliphatic heterocycles. The second-order valence-electron chi connectivity index (χ2n) is 5.31. The number of benzene rings is 1. The van der Waals surface area contributed by atoms with E-state index in [2.05, 4.69) is 16.3 Å². The van der Waals surface area contributed by atoms with Crippen LogP contribution in [0.1, 0.15) is 24.8 Å². The van der Waals surface area contributed by atoms with Gasteiger partial charge in [0.15, 0.2) is 0 Å². The first-order chi connectivity index (χ1) is 9.22. The third-order valence-corrected chi connectivity index (χ3v) is 3.74. The molecule has 2 N–H and O–H groups in total. The van der Waals surface area contributed by atoms with Gasteiger partial charge in [0.2, 0.25) is 0 Å². The fourth-order valence-corrected chi connectivity index (χ4v) is 2.84. The zero-order valence-corrected chi connectivity index (χ0v) is 11.5. The minimum Gasteiger partial charge on any atom is -0.396 e. The summed E-state index contributed by atoms with van der Waals surface area (Å²) in [4.78, 5) is 2.24. The molecule has 3 nitrogen and oxygen atoms in total. The van der Waals surface area contributed by atoms with E-state index in [1.807, 2.05) is 7.05 Å². The Kier molecular flexibility index (Phi) is 5.16. The molecule has 19 heavy (non-hydrogen) atoms. The van der Waals surface area contributed by atoms with Crippen molar-refractivity contribution in [3.8, 4) is 0 Å². The van der Waals surface area contributed by atoms with Gasteiger partial charge in [-0.15, -0.1) is 0 Å². The van der Waals surface area contributed by atoms with Gasteiger partial charge >= 0.3 is 0 Å². The summed E-state index contributed by atoms with van der Waals surface area (Å²) >= 11 is 0. The van der Waals surface area contributed by atoms with Gasteiger partial charge in [-0.1, -0.05) is 0 Å². The number of nitrogens with zero attached hydrogens (tertiary/aromatic N) is 1. The number of anilines is 1. The first kappa shape index (κ1) is 14.3. The van der Waals surface area contributed by atoms with E-state index >= 15 is 0 Å². The fraction of sp³-hybridized carbons (Fsp3) is 0.600. The Hall–Kier alpha value is -1.13. The second kappa shape index (κ2) is 6.87. The molecule has 1 saturated heterocycles. The highest BCUT2D eigenvalue weighted by molar-refractivity contribution is 5.49. The van der Waals surface area contributed by atoms with Crippen LogP contribution in [-0.4, -0.2) is 31.9 Å². The highest BCUT2D eigenvalue weighted by Crippen LogP contribution is 2.26. The topological polar surface area (TPSA) is 35.5 Å². The SMILES string of the molecule is CNCc1cc(F)cc(N2CCCC(CCO)C2)c1. The van der Waals surface area contributed by atoms with Crippen LogP contribution >= 0.6 is 0 Å². The van der Waals surface area contributed by atoms with Crippen LogP contribution in [0.4, 0.5) is 10.1 Å². The molecule has 0 saturated carbocycles. The molecule has 1 fully saturated rings. The lowest BCUT2D eigenvalue weighted by molar-refractivity contribution is 0.244. The third-order valence-electron chi connectivity index (χ3n) is 3.74. The molecule has 1 aromatic carbocycles. The first-order valence-corrected chi connectivity index (χ1v) is 7.03. The lowest BCUT2D eigenvalue weighted by Crippen LogP contribution is -2.35. The quantitative estimate of drug-likeness (QED) is 0.857. The summed E-state index contributed by atoms with van der Waals surface area (Å²) in [6.45, 7) is 2.82. The van der Waals surface area contributed by atoms with E-state index in [-0.39, 0.29) is 12.4 Å². The number of nitrogens with one attached hydrogen (secondary N) is 1. The Labute approximate surface area is 114 Å². The van der Waals surface area contributed by atoms with Crippen molar-refractivity contribution in [1.29, 1.82) is 0 Å². The maximum absolute atomic E-state index is 13.7. The Bertz CT molecular complexity index is 409. The van der Waals surface area contributed by atoms with E-state index in [4.69, 9.17) is 5.11 Å². The van der Waals surface area contributed by atoms with E-state index in [1.54, 1.807) is 12.1 Å². The van der Waals surface area contributed by atoms with E-state index < -0.39 is 0 Å². The summed E-state index contributed by atoms with van der Waals surface area (Å²) in [6.07, 6.45) is 3.12. The number of hydrogen-bond donors (Lipinski definition) is 2. The molecule has 1 heterocycles. The minimum absolute atomic E-state index is 0.174. The van der Waals surface area contributed by atoms with Gasteiger partial charge in [-0.3, -0.25) is 0 Å². The summed E-state index contributed by atoms with van der Waals surface area (Å²) in [5, 5.41) is 12.1. The normalized spacial score (nSPS) is 19.7. The van der Waals surface area contributed by atoms with Crippen LogP contribution in [0.2, 0.25) is 0 Å². The highest BCUT2D eigenvalue weighted by atomic mass is 19.1. The van der Waals surface area contributed by atoms with Crippen LogP contribution in [0.3, 0.4) is 0 Å². The van der Waals surface area contributed by atoms with Crippen molar-refractivity contribution in [1.82, 2.24) is 5.32 Å². The number of halogens is 1. The van der Waals surface area contributed by atoms with Crippen molar-refractivity contribution in [2.24, 2.45) is 5.92 Å². The average molecular weight is 266 g/mol. The van der Waals surface area contributed by atoms with Gasteiger partial charge in [-0.05, 0) is 56.0 Å². The molecule has 0 aromatic heterocycles. The predicted octanol–water partition coefficient (Wildman–Crippen LogP) is 2.14. The van der Waals surface area contributed by atoms with Gasteiger partial charge in [0, 0.05) is 31.9 Å². The van der Waals surface area contributed by atoms with Crippen molar-refractivity contribution in [2.45, 2.75) is 25.8 Å². The molecule has 1 aliphatic rings. The lowest BCUT2D eigenvalue weighted by Gasteiger charge is -2.34. The maximum atomic E-state index is 13.7. The molecule has 106 valence electrons. The molecule has 1 aromatic rings. The van der Waals surface area contributed by atoms with Crippen molar-refractivity contribution in [3.63, 3.8) is 0 Å². The van der Waals surface area contributed by atoms with Crippen molar-refractivity contribution >= 4 is 5.69 Å². The van der Waals surface area contributed by atoms with Crippen LogP contribution in [-0.2, 0) is 6.54 Å². The molecule has 4 heteroatoms. The van der Waals surface area contributed by atoms with Gasteiger partial charge < -0.3 is 15.3 Å². The van der Waals surface area contributed by atoms with Gasteiger partial charge in [0.05, 0.1) is 0 Å². The summed E-state index contributed by atoms with van der Waals surface area (Å²) in [5.41, 5.74) is 1.94. The van der Waals surface area contributed by atoms with Crippen LogP contribution in [0.15, 0.2) is 18.2 Å². The molecule has 2 rings (SSSR count). The van der Waals surface area contributed by atoms with E-state index in [1.165, 1.54) is 0 Å². The number of aliphatic hydroxyl groups is 1. The van der Waals surface area contributed by atoms with Gasteiger partial charge in [0.25, 0.3) is 0 Å². The van der Waals surface area contributed by atoms with Gasteiger partial charge in [-0.2, -0.15) is 0 Å². The largest absolute Gasteiger partial charge is 0.396 e. The minimum atomic E-state index is -0.174. The van der Waals surface area contributed by atoms with Crippen LogP contribution in [0.5, 0.6) is 0 Å². The highest BCUT2D eigenvalue weighted by Gasteiger charge is 2.20. The van der Waals surface area contributed by atoms with Crippen molar-refractivity contribution < 1.29 is 9.50 Å². The van der Waals surface area contributed by atoms with Crippen LogP contribution in [0, 0.1) is 11.7 Å². The predicted molar refractivity (Wildman–Crippen MR) is 75.8 cm³/mol. The van der Waals surface area contributed by atoms with Gasteiger partial charge in [-0.25, -0.2) is 4.39 Å². The van der Waals surface area contributed by atoms with Crippen LogP contribution in [0.25, 0.3) is 0 Å². The Morgan fingerprint density at radius 2 is 2.26 bits per heavy atom. The number of rotatable bonds is 5. The monoisotopic (exact) mass is 266 g/mol. The van der Waals surface area contributed by atoms with E-state index in [0.717, 1.165) is 43.6 Å². The molecule has 0 spiro atoms.